The molecule has 0 fully saturated rings. The highest BCUT2D eigenvalue weighted by Crippen LogP contribution is 2.31. The molecule has 2 aromatic heterocycles. The molecule has 2 heterocycles. The number of carbonyl (C=O) groups is 2. The fraction of sp³-hybridized carbons (Fsp3) is 0.150. The molecule has 3 aromatic rings. The first-order valence-corrected chi connectivity index (χ1v) is 8.85. The van der Waals surface area contributed by atoms with E-state index in [-0.39, 0.29) is 17.4 Å². The Labute approximate surface area is 167 Å². The van der Waals surface area contributed by atoms with Crippen molar-refractivity contribution in [3.05, 3.63) is 71.3 Å². The van der Waals surface area contributed by atoms with E-state index in [1.165, 1.54) is 7.11 Å². The number of fused-ring (bicyclic) bond motifs is 1. The summed E-state index contributed by atoms with van der Waals surface area (Å²) >= 11 is 6.12. The molecule has 8 heteroatoms. The Morgan fingerprint density at radius 2 is 2.11 bits per heavy atom. The SMILES string of the molecule is C=CCNC(=O)c1nc(C(=O)Nc2cc(C)c(Cl)cc2OC)n2ccccc12. The van der Waals surface area contributed by atoms with Crippen LogP contribution in [-0.2, 0) is 0 Å². The molecule has 0 bridgehead atoms. The number of halogens is 1. The summed E-state index contributed by atoms with van der Waals surface area (Å²) in [6.45, 7) is 5.70. The van der Waals surface area contributed by atoms with Crippen LogP contribution in [0.5, 0.6) is 5.75 Å². The molecule has 28 heavy (non-hydrogen) atoms. The van der Waals surface area contributed by atoms with E-state index in [9.17, 15) is 9.59 Å². The van der Waals surface area contributed by atoms with Gasteiger partial charge in [0.05, 0.1) is 18.3 Å². The molecule has 0 aliphatic carbocycles. The Balaban J connectivity index is 2.00. The van der Waals surface area contributed by atoms with Crippen molar-refractivity contribution in [3.8, 4) is 5.75 Å². The van der Waals surface area contributed by atoms with Crippen LogP contribution in [0.2, 0.25) is 5.02 Å². The second kappa shape index (κ2) is 8.14. The summed E-state index contributed by atoms with van der Waals surface area (Å²) in [7, 11) is 1.49. The zero-order chi connectivity index (χ0) is 20.3. The van der Waals surface area contributed by atoms with E-state index in [0.717, 1.165) is 5.56 Å². The minimum Gasteiger partial charge on any atom is -0.495 e. The summed E-state index contributed by atoms with van der Waals surface area (Å²) in [6, 6.07) is 8.59. The number of nitrogens with zero attached hydrogens (tertiary/aromatic N) is 2. The number of carbonyl (C=O) groups excluding carboxylic acids is 2. The van der Waals surface area contributed by atoms with E-state index < -0.39 is 5.91 Å². The highest BCUT2D eigenvalue weighted by Gasteiger charge is 2.22. The van der Waals surface area contributed by atoms with E-state index in [4.69, 9.17) is 16.3 Å². The maximum absolute atomic E-state index is 12.9. The van der Waals surface area contributed by atoms with Crippen molar-refractivity contribution in [2.24, 2.45) is 0 Å². The molecule has 0 unspecified atom stereocenters. The molecular formula is C20H19ClN4O3. The lowest BCUT2D eigenvalue weighted by atomic mass is 10.2. The van der Waals surface area contributed by atoms with Crippen LogP contribution in [0.15, 0.2) is 49.2 Å². The second-order valence-corrected chi connectivity index (χ2v) is 6.40. The minimum absolute atomic E-state index is 0.0778. The van der Waals surface area contributed by atoms with Gasteiger partial charge in [-0.3, -0.25) is 14.0 Å². The molecule has 144 valence electrons. The van der Waals surface area contributed by atoms with Crippen LogP contribution < -0.4 is 15.4 Å². The number of imidazole rings is 1. The lowest BCUT2D eigenvalue weighted by Crippen LogP contribution is -2.24. The second-order valence-electron chi connectivity index (χ2n) is 5.99. The van der Waals surface area contributed by atoms with E-state index in [1.807, 2.05) is 6.92 Å². The van der Waals surface area contributed by atoms with Gasteiger partial charge in [-0.25, -0.2) is 4.98 Å². The number of ether oxygens (including phenoxy) is 1. The molecule has 0 saturated carbocycles. The smallest absolute Gasteiger partial charge is 0.292 e. The molecule has 0 atom stereocenters. The summed E-state index contributed by atoms with van der Waals surface area (Å²) in [5.41, 5.74) is 1.93. The normalized spacial score (nSPS) is 10.5. The Bertz CT molecular complexity index is 1070. The van der Waals surface area contributed by atoms with Crippen LogP contribution in [0.4, 0.5) is 5.69 Å². The topological polar surface area (TPSA) is 84.7 Å². The number of anilines is 1. The first-order chi connectivity index (χ1) is 13.5. The molecule has 3 rings (SSSR count). The van der Waals surface area contributed by atoms with Gasteiger partial charge < -0.3 is 15.4 Å². The van der Waals surface area contributed by atoms with E-state index >= 15 is 0 Å². The monoisotopic (exact) mass is 398 g/mol. The number of rotatable bonds is 6. The Morgan fingerprint density at radius 1 is 1.32 bits per heavy atom. The predicted molar refractivity (Wildman–Crippen MR) is 108 cm³/mol. The molecule has 0 aliphatic rings. The molecule has 1 aromatic carbocycles. The minimum atomic E-state index is -0.482. The standard InChI is InChI=1S/C20H19ClN4O3/c1-4-8-22-19(26)17-15-7-5-6-9-25(15)18(24-17)20(27)23-14-10-12(2)13(21)11-16(14)28-3/h4-7,9-11H,1,8H2,2-3H3,(H,22,26)(H,23,27). The van der Waals surface area contributed by atoms with Crippen LogP contribution in [0.25, 0.3) is 5.52 Å². The van der Waals surface area contributed by atoms with Gasteiger partial charge in [-0.1, -0.05) is 23.7 Å². The molecule has 0 spiro atoms. The van der Waals surface area contributed by atoms with Gasteiger partial charge in [0.2, 0.25) is 5.82 Å². The van der Waals surface area contributed by atoms with Crippen molar-refractivity contribution in [3.63, 3.8) is 0 Å². The summed E-state index contributed by atoms with van der Waals surface area (Å²) in [6.07, 6.45) is 3.24. The van der Waals surface area contributed by atoms with Crippen molar-refractivity contribution in [1.82, 2.24) is 14.7 Å². The van der Waals surface area contributed by atoms with Crippen molar-refractivity contribution >= 4 is 34.6 Å². The highest BCUT2D eigenvalue weighted by atomic mass is 35.5. The number of hydrogen-bond acceptors (Lipinski definition) is 4. The van der Waals surface area contributed by atoms with Gasteiger partial charge in [0.1, 0.15) is 5.75 Å². The van der Waals surface area contributed by atoms with Crippen LogP contribution in [0.1, 0.15) is 26.7 Å². The van der Waals surface area contributed by atoms with Crippen molar-refractivity contribution in [2.75, 3.05) is 19.0 Å². The quantitative estimate of drug-likeness (QED) is 0.622. The molecular weight excluding hydrogens is 380 g/mol. The summed E-state index contributed by atoms with van der Waals surface area (Å²) < 4.78 is 6.86. The number of benzene rings is 1. The van der Waals surface area contributed by atoms with Gasteiger partial charge in [-0.2, -0.15) is 0 Å². The fourth-order valence-electron chi connectivity index (χ4n) is 2.72. The Morgan fingerprint density at radius 3 is 2.82 bits per heavy atom. The number of nitrogens with one attached hydrogen (secondary N) is 2. The first-order valence-electron chi connectivity index (χ1n) is 8.48. The number of aromatic nitrogens is 2. The Kier molecular flexibility index (Phi) is 5.65. The lowest BCUT2D eigenvalue weighted by Gasteiger charge is -2.11. The van der Waals surface area contributed by atoms with Gasteiger partial charge in [0, 0.05) is 23.8 Å². The van der Waals surface area contributed by atoms with Gasteiger partial charge in [0.15, 0.2) is 5.69 Å². The zero-order valence-corrected chi connectivity index (χ0v) is 16.2. The van der Waals surface area contributed by atoms with Gasteiger partial charge in [-0.05, 0) is 30.7 Å². The number of hydrogen-bond donors (Lipinski definition) is 2. The third-order valence-electron chi connectivity index (χ3n) is 4.10. The van der Waals surface area contributed by atoms with Gasteiger partial charge in [-0.15, -0.1) is 6.58 Å². The first kappa shape index (κ1) is 19.4. The van der Waals surface area contributed by atoms with Crippen molar-refractivity contribution in [2.45, 2.75) is 6.92 Å². The maximum Gasteiger partial charge on any atom is 0.292 e. The van der Waals surface area contributed by atoms with E-state index in [2.05, 4.69) is 22.2 Å². The molecule has 0 aliphatic heterocycles. The third kappa shape index (κ3) is 3.70. The summed E-state index contributed by atoms with van der Waals surface area (Å²) in [5, 5.41) is 5.98. The number of aryl methyl sites for hydroxylation is 1. The lowest BCUT2D eigenvalue weighted by molar-refractivity contribution is 0.0955. The van der Waals surface area contributed by atoms with Gasteiger partial charge in [0.25, 0.3) is 11.8 Å². The van der Waals surface area contributed by atoms with Crippen LogP contribution in [0.3, 0.4) is 0 Å². The predicted octanol–water partition coefficient (Wildman–Crippen LogP) is 3.47. The number of amides is 2. The highest BCUT2D eigenvalue weighted by molar-refractivity contribution is 6.31. The van der Waals surface area contributed by atoms with E-state index in [1.54, 1.807) is 47.0 Å². The van der Waals surface area contributed by atoms with Crippen molar-refractivity contribution < 1.29 is 14.3 Å². The molecule has 0 radical (unpaired) electrons. The fourth-order valence-corrected chi connectivity index (χ4v) is 2.88. The molecule has 2 amide bonds. The van der Waals surface area contributed by atoms with Crippen LogP contribution >= 0.6 is 11.6 Å². The maximum atomic E-state index is 12.9. The van der Waals surface area contributed by atoms with Crippen molar-refractivity contribution in [1.29, 1.82) is 0 Å². The average molecular weight is 399 g/mol. The van der Waals surface area contributed by atoms with Crippen LogP contribution in [-0.4, -0.2) is 34.9 Å². The Hall–Kier alpha value is -3.32. The molecule has 0 saturated heterocycles. The summed E-state index contributed by atoms with van der Waals surface area (Å²) in [4.78, 5) is 29.6. The zero-order valence-electron chi connectivity index (χ0n) is 15.5. The van der Waals surface area contributed by atoms with Crippen LogP contribution in [0, 0.1) is 6.92 Å². The number of methoxy groups -OCH3 is 1. The third-order valence-corrected chi connectivity index (χ3v) is 4.51. The van der Waals surface area contributed by atoms with E-state index in [0.29, 0.717) is 28.5 Å². The largest absolute Gasteiger partial charge is 0.495 e. The average Bonchev–Trinajstić information content (AvgIpc) is 3.08. The summed E-state index contributed by atoms with van der Waals surface area (Å²) in [5.74, 6) is -0.366. The number of pyridine rings is 1. The molecule has 7 nitrogen and oxygen atoms in total. The van der Waals surface area contributed by atoms with Gasteiger partial charge >= 0.3 is 0 Å². The molecule has 2 N–H and O–H groups in total.